The van der Waals surface area contributed by atoms with E-state index in [2.05, 4.69) is 9.97 Å². The molecule has 0 saturated carbocycles. The summed E-state index contributed by atoms with van der Waals surface area (Å²) < 4.78 is 243. The zero-order valence-electron chi connectivity index (χ0n) is 51.8. The van der Waals surface area contributed by atoms with Crippen LogP contribution in [0, 0.1) is 6.92 Å². The Kier molecular flexibility index (Phi) is 2.61. The zero-order chi connectivity index (χ0) is 56.0. The van der Waals surface area contributed by atoms with Crippen LogP contribution >= 0.6 is 0 Å². The second-order valence-corrected chi connectivity index (χ2v) is 10.6. The van der Waals surface area contributed by atoms with E-state index < -0.39 is 252 Å². The van der Waals surface area contributed by atoms with Gasteiger partial charge < -0.3 is 9.13 Å². The second kappa shape index (κ2) is 10.8. The molecule has 0 aliphatic heterocycles. The monoisotopic (exact) mass is 653 g/mol. The van der Waals surface area contributed by atoms with Crippen LogP contribution in [0.15, 0.2) is 163 Å². The quantitative estimate of drug-likeness (QED) is 0.189. The maximum Gasteiger partial charge on any atom is 0.160 e. The molecule has 0 fully saturated rings. The highest BCUT2D eigenvalue weighted by molar-refractivity contribution is 6.28. The molecular formula is C45H30N4. The van der Waals surface area contributed by atoms with E-state index in [4.69, 9.17) is 24.7 Å². The van der Waals surface area contributed by atoms with Crippen LogP contribution in [0.1, 0.15) is 42.6 Å². The minimum absolute atomic E-state index is 0.0809. The molecule has 4 heteroatoms. The summed E-state index contributed by atoms with van der Waals surface area (Å²) in [6.07, 6.45) is 0. The average Bonchev–Trinajstić information content (AvgIpc) is 4.11. The molecule has 0 amide bonds. The van der Waals surface area contributed by atoms with Crippen molar-refractivity contribution in [2.24, 2.45) is 0 Å². The molecule has 0 unspecified atom stereocenters. The molecule has 3 heterocycles. The van der Waals surface area contributed by atoms with E-state index in [1.807, 2.05) is 0 Å². The van der Waals surface area contributed by atoms with Gasteiger partial charge in [-0.15, -0.1) is 0 Å². The molecule has 0 saturated heterocycles. The first-order chi connectivity index (χ1) is 35.5. The van der Waals surface area contributed by atoms with Crippen LogP contribution in [-0.4, -0.2) is 19.1 Å². The molecule has 49 heavy (non-hydrogen) atoms. The predicted octanol–water partition coefficient (Wildman–Crippen LogP) is 11.5. The van der Waals surface area contributed by atoms with Crippen LogP contribution in [0.2, 0.25) is 0 Å². The summed E-state index contributed by atoms with van der Waals surface area (Å²) >= 11 is 0. The third kappa shape index (κ3) is 4.24. The minimum atomic E-state index is -1.04. The lowest BCUT2D eigenvalue weighted by Gasteiger charge is -2.11. The van der Waals surface area contributed by atoms with E-state index in [0.29, 0.717) is 0 Å². The third-order valence-corrected chi connectivity index (χ3v) is 7.85. The van der Waals surface area contributed by atoms with Crippen LogP contribution < -0.4 is 0 Å². The lowest BCUT2D eigenvalue weighted by Crippen LogP contribution is -1.97. The lowest BCUT2D eigenvalue weighted by molar-refractivity contribution is 1.17. The number of aromatic nitrogens is 4. The summed E-state index contributed by atoms with van der Waals surface area (Å²) in [4.78, 5) is 8.70. The first-order valence-corrected chi connectivity index (χ1v) is 14.5. The molecule has 0 N–H and O–H groups in total. The highest BCUT2D eigenvalue weighted by Crippen LogP contribution is 2.42. The number of hydrogen-bond donors (Lipinski definition) is 0. The number of para-hydroxylation sites is 4. The summed E-state index contributed by atoms with van der Waals surface area (Å²) in [5, 5.41) is -2.47. The fourth-order valence-electron chi connectivity index (χ4n) is 5.81. The van der Waals surface area contributed by atoms with Gasteiger partial charge >= 0.3 is 0 Å². The van der Waals surface area contributed by atoms with Gasteiger partial charge in [0, 0.05) is 49.4 Å². The standard InChI is InChI=1S/C45H30N4/c1-29-19-21-30(22-20-29)44-34-13-5-8-16-37(34)46-45(47-44)31-23-25-33(26-24-31)49-39-18-10-7-15-36(39)43-41(49)28-27-40-42(43)35-14-6-9-17-38(35)48(40)32-11-3-2-4-12-32/h2-28H,1H3/i2D,3D,4D,5D,6D,7D,8D,9D,10D,11D,12D,13D,14D,15D,16D,17D,18D,19D,20D,21D,22D,23D,24D,25D,26D,27D,28D. The van der Waals surface area contributed by atoms with Crippen molar-refractivity contribution in [3.8, 4) is 34.0 Å². The highest BCUT2D eigenvalue weighted by atomic mass is 15.0. The smallest absolute Gasteiger partial charge is 0.160 e. The fraction of sp³-hybridized carbons (Fsp3) is 0.0222. The van der Waals surface area contributed by atoms with E-state index in [1.165, 1.54) is 6.92 Å². The average molecular weight is 654 g/mol. The van der Waals surface area contributed by atoms with Crippen LogP contribution in [0.3, 0.4) is 0 Å². The summed E-state index contributed by atoms with van der Waals surface area (Å²) in [5.74, 6) is -0.774. The zero-order valence-corrected chi connectivity index (χ0v) is 24.8. The van der Waals surface area contributed by atoms with Crippen LogP contribution in [0.5, 0.6) is 0 Å². The maximum atomic E-state index is 9.69. The number of nitrogens with zero attached hydrogens (tertiary/aromatic N) is 4. The Balaban J connectivity index is 1.42. The summed E-state index contributed by atoms with van der Waals surface area (Å²) in [6.45, 7) is 1.32. The molecule has 0 atom stereocenters. The molecule has 7 aromatic carbocycles. The van der Waals surface area contributed by atoms with Crippen LogP contribution in [0.25, 0.3) is 88.5 Å². The maximum absolute atomic E-state index is 9.69. The van der Waals surface area contributed by atoms with Gasteiger partial charge in [0.05, 0.1) is 70.3 Å². The molecule has 0 spiro atoms. The normalized spacial score (nSPS) is 19.5. The van der Waals surface area contributed by atoms with Crippen molar-refractivity contribution < 1.29 is 37.0 Å². The van der Waals surface area contributed by atoms with Crippen molar-refractivity contribution in [2.45, 2.75) is 6.92 Å². The van der Waals surface area contributed by atoms with Gasteiger partial charge in [-0.1, -0.05) is 102 Å². The Bertz CT molecular complexity index is 4360. The number of benzene rings is 7. The Morgan fingerprint density at radius 2 is 0.939 bits per heavy atom. The molecule has 10 rings (SSSR count). The van der Waals surface area contributed by atoms with Gasteiger partial charge in [0.15, 0.2) is 5.82 Å². The molecule has 0 aliphatic rings. The van der Waals surface area contributed by atoms with Crippen LogP contribution in [0.4, 0.5) is 0 Å². The second-order valence-electron chi connectivity index (χ2n) is 10.6. The molecule has 0 radical (unpaired) electrons. The van der Waals surface area contributed by atoms with Gasteiger partial charge in [0.25, 0.3) is 0 Å². The molecule has 0 bridgehead atoms. The Labute approximate surface area is 321 Å². The summed E-state index contributed by atoms with van der Waals surface area (Å²) in [7, 11) is 0. The van der Waals surface area contributed by atoms with E-state index in [0.717, 1.165) is 9.13 Å². The number of hydrogen-bond acceptors (Lipinski definition) is 2. The highest BCUT2D eigenvalue weighted by Gasteiger charge is 2.20. The van der Waals surface area contributed by atoms with Gasteiger partial charge in [-0.2, -0.15) is 0 Å². The fourth-order valence-corrected chi connectivity index (χ4v) is 5.81. The van der Waals surface area contributed by atoms with E-state index in [9.17, 15) is 12.3 Å². The first kappa shape index (κ1) is 11.9. The number of rotatable bonds is 4. The van der Waals surface area contributed by atoms with E-state index >= 15 is 0 Å². The van der Waals surface area contributed by atoms with E-state index in [1.54, 1.807) is 0 Å². The SMILES string of the molecule is [2H]c1c([2H])c([2H])c(-n2c3c([2H])c([2H])c([2H])c([2H])c3c3c4c5c([2H])c([2H])c([2H])c([2H])c5n(-c5c([2H])c([2H])c(-c6nc(-c7c([2H])c([2H])c(C)c([2H])c7[2H])c7c([2H])c([2H])c([2H])c([2H])c7n6)c([2H])c5[2H])c4c([2H])c([2H])c32)c([2H])c1[2H]. The van der Waals surface area contributed by atoms with Crippen molar-refractivity contribution >= 4 is 54.5 Å². The Morgan fingerprint density at radius 3 is 1.57 bits per heavy atom. The molecule has 4 nitrogen and oxygen atoms in total. The summed E-state index contributed by atoms with van der Waals surface area (Å²) in [5.41, 5.74) is -6.61. The van der Waals surface area contributed by atoms with Gasteiger partial charge in [-0.3, -0.25) is 0 Å². The molecular weight excluding hydrogens is 597 g/mol. The first-order valence-electron chi connectivity index (χ1n) is 28.0. The third-order valence-electron chi connectivity index (χ3n) is 7.85. The minimum Gasteiger partial charge on any atom is -0.309 e. The predicted molar refractivity (Wildman–Crippen MR) is 204 cm³/mol. The van der Waals surface area contributed by atoms with Crippen molar-refractivity contribution in [1.82, 2.24) is 19.1 Å². The Morgan fingerprint density at radius 1 is 0.429 bits per heavy atom. The molecule has 3 aromatic heterocycles. The number of fused-ring (bicyclic) bond motifs is 8. The molecule has 10 aromatic rings. The molecule has 0 aliphatic carbocycles. The van der Waals surface area contributed by atoms with Gasteiger partial charge in [0.1, 0.15) is 0 Å². The van der Waals surface area contributed by atoms with Crippen molar-refractivity contribution in [3.63, 3.8) is 0 Å². The van der Waals surface area contributed by atoms with Gasteiger partial charge in [-0.05, 0) is 73.4 Å². The topological polar surface area (TPSA) is 35.6 Å². The van der Waals surface area contributed by atoms with Gasteiger partial charge in [-0.25, -0.2) is 9.97 Å². The van der Waals surface area contributed by atoms with Crippen molar-refractivity contribution in [3.05, 3.63) is 169 Å². The largest absolute Gasteiger partial charge is 0.309 e. The lowest BCUT2D eigenvalue weighted by atomic mass is 10.0. The van der Waals surface area contributed by atoms with Crippen molar-refractivity contribution in [2.75, 3.05) is 0 Å². The van der Waals surface area contributed by atoms with Crippen molar-refractivity contribution in [1.29, 1.82) is 0 Å². The van der Waals surface area contributed by atoms with Crippen LogP contribution in [-0.2, 0) is 0 Å². The molecule has 230 valence electrons. The van der Waals surface area contributed by atoms with E-state index in [-0.39, 0.29) is 5.56 Å². The van der Waals surface area contributed by atoms with Gasteiger partial charge in [0.2, 0.25) is 0 Å². The summed E-state index contributed by atoms with van der Waals surface area (Å²) in [6, 6.07) is -23.1. The Hall–Kier alpha value is -6.52.